The van der Waals surface area contributed by atoms with Crippen molar-refractivity contribution in [3.63, 3.8) is 0 Å². The summed E-state index contributed by atoms with van der Waals surface area (Å²) in [5.74, 6) is 0.670. The van der Waals surface area contributed by atoms with E-state index in [0.717, 1.165) is 10.0 Å². The Morgan fingerprint density at radius 3 is 2.70 bits per heavy atom. The van der Waals surface area contributed by atoms with Crippen LogP contribution in [0.5, 0.6) is 0 Å². The van der Waals surface area contributed by atoms with Crippen molar-refractivity contribution in [1.29, 1.82) is 0 Å². The molecule has 1 atom stereocenters. The van der Waals surface area contributed by atoms with Crippen molar-refractivity contribution in [2.75, 3.05) is 10.7 Å². The van der Waals surface area contributed by atoms with E-state index in [1.165, 1.54) is 16.7 Å². The van der Waals surface area contributed by atoms with E-state index in [9.17, 15) is 4.79 Å². The molecule has 2 aromatic rings. The number of amides is 1. The summed E-state index contributed by atoms with van der Waals surface area (Å²) < 4.78 is 0. The highest BCUT2D eigenvalue weighted by molar-refractivity contribution is 8.00. The Labute approximate surface area is 127 Å². The quantitative estimate of drug-likeness (QED) is 0.845. The highest BCUT2D eigenvalue weighted by Gasteiger charge is 2.35. The molecule has 3 nitrogen and oxygen atoms in total. The van der Waals surface area contributed by atoms with Gasteiger partial charge in [0.2, 0.25) is 5.91 Å². The number of thiazole rings is 1. The average molecular weight is 304 g/mol. The molecule has 1 aromatic carbocycles. The number of anilines is 1. The second-order valence-electron chi connectivity index (χ2n) is 5.02. The Hall–Kier alpha value is -1.33. The summed E-state index contributed by atoms with van der Waals surface area (Å²) in [5.41, 5.74) is 3.72. The number of carbonyl (C=O) groups is 1. The van der Waals surface area contributed by atoms with Gasteiger partial charge in [-0.2, -0.15) is 0 Å². The number of aryl methyl sites for hydroxylation is 3. The summed E-state index contributed by atoms with van der Waals surface area (Å²) in [4.78, 5) is 19.5. The Kier molecular flexibility index (Phi) is 3.56. The summed E-state index contributed by atoms with van der Waals surface area (Å²) in [6, 6.07) is 6.42. The molecule has 1 amide bonds. The van der Waals surface area contributed by atoms with E-state index in [-0.39, 0.29) is 11.3 Å². The van der Waals surface area contributed by atoms with Gasteiger partial charge in [0.15, 0.2) is 5.13 Å². The molecular formula is C15H16N2OS2. The monoisotopic (exact) mass is 304 g/mol. The molecule has 0 radical (unpaired) electrons. The number of aromatic nitrogens is 1. The maximum Gasteiger partial charge on any atom is 0.240 e. The van der Waals surface area contributed by atoms with Gasteiger partial charge in [-0.05, 0) is 37.5 Å². The Bertz CT molecular complexity index is 666. The van der Waals surface area contributed by atoms with Crippen LogP contribution in [0.3, 0.4) is 0 Å². The average Bonchev–Trinajstić information content (AvgIpc) is 2.99. The van der Waals surface area contributed by atoms with Gasteiger partial charge in [0, 0.05) is 11.1 Å². The van der Waals surface area contributed by atoms with Crippen molar-refractivity contribution in [2.24, 2.45) is 0 Å². The van der Waals surface area contributed by atoms with Crippen molar-refractivity contribution < 1.29 is 4.79 Å². The van der Waals surface area contributed by atoms with Gasteiger partial charge in [-0.1, -0.05) is 18.2 Å². The van der Waals surface area contributed by atoms with E-state index in [1.54, 1.807) is 23.1 Å². The third-order valence-corrected chi connectivity index (χ3v) is 5.62. The van der Waals surface area contributed by atoms with Gasteiger partial charge in [0.05, 0.1) is 5.75 Å². The number of hydrogen-bond donors (Lipinski definition) is 0. The second kappa shape index (κ2) is 5.22. The molecule has 3 rings (SSSR count). The fourth-order valence-corrected chi connectivity index (χ4v) is 4.27. The molecular weight excluding hydrogens is 288 g/mol. The number of rotatable bonds is 2. The van der Waals surface area contributed by atoms with Gasteiger partial charge in [-0.15, -0.1) is 23.1 Å². The lowest BCUT2D eigenvalue weighted by Gasteiger charge is -2.22. The second-order valence-corrected chi connectivity index (χ2v) is 7.31. The molecule has 1 saturated heterocycles. The van der Waals surface area contributed by atoms with E-state index >= 15 is 0 Å². The maximum absolute atomic E-state index is 12.2. The highest BCUT2D eigenvalue weighted by atomic mass is 32.2. The van der Waals surface area contributed by atoms with E-state index in [2.05, 4.69) is 37.0 Å². The topological polar surface area (TPSA) is 33.2 Å². The first-order valence-electron chi connectivity index (χ1n) is 6.49. The standard InChI is InChI=1S/C15H16N2OS2/c1-9-4-5-12(6-10(9)2)14-17(13(18)8-19-14)15-16-7-11(3)20-15/h4-7,14H,8H2,1-3H3/t14-/m0/s1. The van der Waals surface area contributed by atoms with E-state index in [0.29, 0.717) is 5.75 Å². The number of benzene rings is 1. The van der Waals surface area contributed by atoms with Crippen molar-refractivity contribution in [2.45, 2.75) is 26.1 Å². The summed E-state index contributed by atoms with van der Waals surface area (Å²) in [6.45, 7) is 6.23. The van der Waals surface area contributed by atoms with Crippen molar-refractivity contribution >= 4 is 34.1 Å². The fourth-order valence-electron chi connectivity index (χ4n) is 2.25. The van der Waals surface area contributed by atoms with Crippen LogP contribution in [0.2, 0.25) is 0 Å². The Morgan fingerprint density at radius 1 is 1.25 bits per heavy atom. The van der Waals surface area contributed by atoms with Gasteiger partial charge in [0.1, 0.15) is 5.37 Å². The third kappa shape index (κ3) is 2.36. The number of hydrogen-bond acceptors (Lipinski definition) is 4. The maximum atomic E-state index is 12.2. The zero-order chi connectivity index (χ0) is 14.3. The molecule has 0 spiro atoms. The molecule has 1 aliphatic heterocycles. The summed E-state index contributed by atoms with van der Waals surface area (Å²) in [5, 5.41) is 0.855. The van der Waals surface area contributed by atoms with E-state index < -0.39 is 0 Å². The first kappa shape index (κ1) is 13.6. The van der Waals surface area contributed by atoms with Gasteiger partial charge < -0.3 is 0 Å². The first-order valence-corrected chi connectivity index (χ1v) is 8.36. The molecule has 1 aliphatic rings. The van der Waals surface area contributed by atoms with Gasteiger partial charge in [0.25, 0.3) is 0 Å². The van der Waals surface area contributed by atoms with Crippen LogP contribution in [0.4, 0.5) is 5.13 Å². The minimum absolute atomic E-state index is 0.0485. The third-order valence-electron chi connectivity index (χ3n) is 3.50. The van der Waals surface area contributed by atoms with Crippen LogP contribution in [0.15, 0.2) is 24.4 Å². The zero-order valence-corrected chi connectivity index (χ0v) is 13.3. The van der Waals surface area contributed by atoms with Crippen LogP contribution in [-0.2, 0) is 4.79 Å². The lowest BCUT2D eigenvalue weighted by molar-refractivity contribution is -0.115. The number of nitrogens with zero attached hydrogens (tertiary/aromatic N) is 2. The van der Waals surface area contributed by atoms with E-state index in [1.807, 2.05) is 18.0 Å². The molecule has 0 aliphatic carbocycles. The zero-order valence-electron chi connectivity index (χ0n) is 11.7. The predicted molar refractivity (Wildman–Crippen MR) is 85.5 cm³/mol. The normalized spacial score (nSPS) is 18.9. The van der Waals surface area contributed by atoms with Crippen LogP contribution in [0.1, 0.15) is 26.9 Å². The summed E-state index contributed by atoms with van der Waals surface area (Å²) in [7, 11) is 0. The summed E-state index contributed by atoms with van der Waals surface area (Å²) in [6.07, 6.45) is 1.83. The molecule has 0 unspecified atom stereocenters. The largest absolute Gasteiger partial charge is 0.273 e. The van der Waals surface area contributed by atoms with Gasteiger partial charge in [-0.25, -0.2) is 4.98 Å². The molecule has 104 valence electrons. The van der Waals surface area contributed by atoms with Crippen molar-refractivity contribution in [3.8, 4) is 0 Å². The summed E-state index contributed by atoms with van der Waals surface area (Å²) >= 11 is 3.25. The van der Waals surface area contributed by atoms with Crippen molar-refractivity contribution in [3.05, 3.63) is 46.0 Å². The SMILES string of the molecule is Cc1cnc(N2C(=O)CS[C@H]2c2ccc(C)c(C)c2)s1. The molecule has 5 heteroatoms. The fraction of sp³-hybridized carbons (Fsp3) is 0.333. The van der Waals surface area contributed by atoms with Crippen LogP contribution in [-0.4, -0.2) is 16.6 Å². The molecule has 0 N–H and O–H groups in total. The molecule has 2 heterocycles. The lowest BCUT2D eigenvalue weighted by atomic mass is 10.1. The van der Waals surface area contributed by atoms with Crippen LogP contribution in [0.25, 0.3) is 0 Å². The van der Waals surface area contributed by atoms with Crippen LogP contribution >= 0.6 is 23.1 Å². The number of thioether (sulfide) groups is 1. The van der Waals surface area contributed by atoms with Gasteiger partial charge in [-0.3, -0.25) is 9.69 Å². The van der Waals surface area contributed by atoms with Crippen molar-refractivity contribution in [1.82, 2.24) is 4.98 Å². The van der Waals surface area contributed by atoms with E-state index in [4.69, 9.17) is 0 Å². The molecule has 1 fully saturated rings. The molecule has 0 bridgehead atoms. The number of carbonyl (C=O) groups excluding carboxylic acids is 1. The minimum Gasteiger partial charge on any atom is -0.273 e. The molecule has 1 aromatic heterocycles. The minimum atomic E-state index is 0.0485. The van der Waals surface area contributed by atoms with Crippen LogP contribution < -0.4 is 4.90 Å². The molecule has 20 heavy (non-hydrogen) atoms. The first-order chi connectivity index (χ1) is 9.56. The smallest absolute Gasteiger partial charge is 0.240 e. The Morgan fingerprint density at radius 2 is 2.05 bits per heavy atom. The lowest BCUT2D eigenvalue weighted by Crippen LogP contribution is -2.27. The Balaban J connectivity index is 1.99. The van der Waals surface area contributed by atoms with Crippen LogP contribution in [0, 0.1) is 20.8 Å². The van der Waals surface area contributed by atoms with Gasteiger partial charge >= 0.3 is 0 Å². The predicted octanol–water partition coefficient (Wildman–Crippen LogP) is 3.85. The molecule has 0 saturated carbocycles. The highest BCUT2D eigenvalue weighted by Crippen LogP contribution is 2.43.